The van der Waals surface area contributed by atoms with Crippen LogP contribution < -0.4 is 0 Å². The number of ether oxygens (including phenoxy) is 1. The maximum Gasteiger partial charge on any atom is 0.386 e. The molecule has 2 aliphatic rings. The van der Waals surface area contributed by atoms with Gasteiger partial charge in [0.2, 0.25) is 0 Å². The standard InChI is InChI=1S/C35H47F3O/c1-3-5-6-8-27-11-19-31(20-12-27)32-21-22-33(34(36)25-32)35(37,38)39-24-23-28-13-17-30(18-14-28)29-15-9-26(7-4-2)10-16-29/h3,5,13-14,17-18,21-22,25-27,29,31H,4,6-12,15-16,19-20,23-24H2,1-2H3/b5-3+. The van der Waals surface area contributed by atoms with Crippen LogP contribution in [0.5, 0.6) is 0 Å². The summed E-state index contributed by atoms with van der Waals surface area (Å²) in [5, 5.41) is 0. The molecule has 2 saturated carbocycles. The molecule has 4 rings (SSSR count). The van der Waals surface area contributed by atoms with Crippen LogP contribution in [0.2, 0.25) is 0 Å². The van der Waals surface area contributed by atoms with E-state index < -0.39 is 17.5 Å². The van der Waals surface area contributed by atoms with Crippen LogP contribution in [0.1, 0.15) is 125 Å². The third-order valence-corrected chi connectivity index (χ3v) is 9.27. The number of alkyl halides is 2. The highest BCUT2D eigenvalue weighted by Gasteiger charge is 2.36. The third-order valence-electron chi connectivity index (χ3n) is 9.27. The first-order valence-corrected chi connectivity index (χ1v) is 15.4. The molecule has 2 aromatic rings. The van der Waals surface area contributed by atoms with E-state index in [1.54, 1.807) is 6.07 Å². The lowest BCUT2D eigenvalue weighted by Crippen LogP contribution is -2.22. The van der Waals surface area contributed by atoms with Gasteiger partial charge in [0.05, 0.1) is 12.2 Å². The topological polar surface area (TPSA) is 9.23 Å². The van der Waals surface area contributed by atoms with E-state index in [9.17, 15) is 13.2 Å². The number of hydrogen-bond acceptors (Lipinski definition) is 1. The highest BCUT2D eigenvalue weighted by Crippen LogP contribution is 2.40. The minimum atomic E-state index is -3.65. The van der Waals surface area contributed by atoms with Crippen LogP contribution >= 0.6 is 0 Å². The molecule has 0 aromatic heterocycles. The van der Waals surface area contributed by atoms with Gasteiger partial charge in [0.15, 0.2) is 0 Å². The molecular weight excluding hydrogens is 493 g/mol. The number of benzene rings is 2. The van der Waals surface area contributed by atoms with Crippen LogP contribution in [-0.4, -0.2) is 6.61 Å². The van der Waals surface area contributed by atoms with Crippen molar-refractivity contribution in [1.29, 1.82) is 0 Å². The Balaban J connectivity index is 1.24. The van der Waals surface area contributed by atoms with E-state index in [1.807, 2.05) is 19.1 Å². The zero-order valence-corrected chi connectivity index (χ0v) is 23.9. The van der Waals surface area contributed by atoms with Crippen molar-refractivity contribution in [1.82, 2.24) is 0 Å². The summed E-state index contributed by atoms with van der Waals surface area (Å²) in [5.74, 6) is 1.57. The molecule has 0 spiro atoms. The molecular formula is C35H47F3O. The number of halogens is 3. The molecule has 0 unspecified atom stereocenters. The molecule has 0 saturated heterocycles. The van der Waals surface area contributed by atoms with Crippen molar-refractivity contribution in [3.8, 4) is 0 Å². The summed E-state index contributed by atoms with van der Waals surface area (Å²) in [6.07, 6.45) is 15.2. The first kappa shape index (κ1) is 29.9. The van der Waals surface area contributed by atoms with Crippen molar-refractivity contribution < 1.29 is 17.9 Å². The van der Waals surface area contributed by atoms with Crippen LogP contribution in [-0.2, 0) is 17.3 Å². The van der Waals surface area contributed by atoms with E-state index in [0.29, 0.717) is 18.3 Å². The van der Waals surface area contributed by atoms with Crippen LogP contribution in [0.25, 0.3) is 0 Å². The van der Waals surface area contributed by atoms with Gasteiger partial charge in [-0.05, 0) is 130 Å². The Bertz CT molecular complexity index is 1030. The molecule has 2 aliphatic carbocycles. The molecule has 39 heavy (non-hydrogen) atoms. The zero-order valence-electron chi connectivity index (χ0n) is 23.9. The maximum absolute atomic E-state index is 14.9. The van der Waals surface area contributed by atoms with Gasteiger partial charge in [0, 0.05) is 0 Å². The highest BCUT2D eigenvalue weighted by molar-refractivity contribution is 5.29. The van der Waals surface area contributed by atoms with Crippen LogP contribution in [0.15, 0.2) is 54.6 Å². The Hall–Kier alpha value is -2.07. The molecule has 0 aliphatic heterocycles. The lowest BCUT2D eigenvalue weighted by atomic mass is 9.77. The second-order valence-corrected chi connectivity index (χ2v) is 12.0. The van der Waals surface area contributed by atoms with Crippen molar-refractivity contribution in [2.75, 3.05) is 6.61 Å². The smallest absolute Gasteiger partial charge is 0.316 e. The van der Waals surface area contributed by atoms with Crippen molar-refractivity contribution >= 4 is 0 Å². The summed E-state index contributed by atoms with van der Waals surface area (Å²) in [7, 11) is 0. The molecule has 0 bridgehead atoms. The van der Waals surface area contributed by atoms with Crippen LogP contribution in [0.3, 0.4) is 0 Å². The van der Waals surface area contributed by atoms with Crippen molar-refractivity contribution in [2.24, 2.45) is 11.8 Å². The number of hydrogen-bond donors (Lipinski definition) is 0. The fraction of sp³-hybridized carbons (Fsp3) is 0.600. The number of allylic oxidation sites excluding steroid dienone is 2. The van der Waals surface area contributed by atoms with Crippen molar-refractivity contribution in [3.05, 3.63) is 82.7 Å². The second kappa shape index (κ2) is 14.5. The lowest BCUT2D eigenvalue weighted by molar-refractivity contribution is -0.249. The SMILES string of the molecule is C/C=C/CCC1CCC(c2ccc(C(F)(F)OCCc3ccc(C4CCC(CCC)CC4)cc3)c(F)c2)CC1. The van der Waals surface area contributed by atoms with E-state index in [-0.39, 0.29) is 12.5 Å². The molecule has 1 nitrogen and oxygen atoms in total. The second-order valence-electron chi connectivity index (χ2n) is 12.0. The largest absolute Gasteiger partial charge is 0.386 e. The number of rotatable bonds is 12. The van der Waals surface area contributed by atoms with Crippen LogP contribution in [0, 0.1) is 17.7 Å². The Kier molecular flexibility index (Phi) is 11.1. The first-order chi connectivity index (χ1) is 18.9. The van der Waals surface area contributed by atoms with E-state index >= 15 is 0 Å². The summed E-state index contributed by atoms with van der Waals surface area (Å²) in [5.41, 5.74) is 2.48. The average Bonchev–Trinajstić information content (AvgIpc) is 2.94. The van der Waals surface area contributed by atoms with Gasteiger partial charge in [-0.15, -0.1) is 0 Å². The summed E-state index contributed by atoms with van der Waals surface area (Å²) < 4.78 is 49.4. The molecule has 0 amide bonds. The normalized spacial score (nSPS) is 24.3. The molecule has 2 aromatic carbocycles. The van der Waals surface area contributed by atoms with Gasteiger partial charge < -0.3 is 4.74 Å². The van der Waals surface area contributed by atoms with E-state index in [0.717, 1.165) is 49.1 Å². The third kappa shape index (κ3) is 8.46. The van der Waals surface area contributed by atoms with Crippen LogP contribution in [0.4, 0.5) is 13.2 Å². The Morgan fingerprint density at radius 2 is 1.41 bits per heavy atom. The fourth-order valence-electron chi connectivity index (χ4n) is 6.83. The summed E-state index contributed by atoms with van der Waals surface area (Å²) in [6.45, 7) is 4.14. The molecule has 214 valence electrons. The van der Waals surface area contributed by atoms with E-state index in [2.05, 4.69) is 31.2 Å². The molecule has 0 heterocycles. The summed E-state index contributed by atoms with van der Waals surface area (Å²) in [6, 6.07) is 12.6. The van der Waals surface area contributed by atoms with Gasteiger partial charge in [-0.1, -0.05) is 62.2 Å². The predicted octanol–water partition coefficient (Wildman–Crippen LogP) is 10.8. The Morgan fingerprint density at radius 1 is 0.821 bits per heavy atom. The van der Waals surface area contributed by atoms with Gasteiger partial charge in [-0.3, -0.25) is 0 Å². The summed E-state index contributed by atoms with van der Waals surface area (Å²) in [4.78, 5) is 0. The van der Waals surface area contributed by atoms with Gasteiger partial charge in [-0.25, -0.2) is 4.39 Å². The van der Waals surface area contributed by atoms with Crippen molar-refractivity contribution in [2.45, 2.75) is 115 Å². The zero-order chi connectivity index (χ0) is 27.7. The fourth-order valence-corrected chi connectivity index (χ4v) is 6.83. The highest BCUT2D eigenvalue weighted by atomic mass is 19.3. The minimum absolute atomic E-state index is 0.160. The maximum atomic E-state index is 14.9. The quantitative estimate of drug-likeness (QED) is 0.243. The molecule has 0 atom stereocenters. The van der Waals surface area contributed by atoms with Gasteiger partial charge in [0.25, 0.3) is 0 Å². The lowest BCUT2D eigenvalue weighted by Gasteiger charge is -2.29. The molecule has 0 radical (unpaired) electrons. The molecule has 2 fully saturated rings. The van der Waals surface area contributed by atoms with Gasteiger partial charge in [-0.2, -0.15) is 8.78 Å². The Labute approximate surface area is 234 Å². The Morgan fingerprint density at radius 3 is 2.00 bits per heavy atom. The first-order valence-electron chi connectivity index (χ1n) is 15.4. The van der Waals surface area contributed by atoms with E-state index in [4.69, 9.17) is 4.74 Å². The minimum Gasteiger partial charge on any atom is -0.316 e. The van der Waals surface area contributed by atoms with Crippen molar-refractivity contribution in [3.63, 3.8) is 0 Å². The predicted molar refractivity (Wildman–Crippen MR) is 155 cm³/mol. The van der Waals surface area contributed by atoms with Gasteiger partial charge >= 0.3 is 6.11 Å². The summed E-state index contributed by atoms with van der Waals surface area (Å²) >= 11 is 0. The van der Waals surface area contributed by atoms with E-state index in [1.165, 1.54) is 62.6 Å². The average molecular weight is 541 g/mol. The molecule has 4 heteroatoms. The molecule has 0 N–H and O–H groups in total. The van der Waals surface area contributed by atoms with Gasteiger partial charge in [0.1, 0.15) is 5.82 Å². The monoisotopic (exact) mass is 540 g/mol.